The van der Waals surface area contributed by atoms with Gasteiger partial charge in [0, 0.05) is 0 Å². The summed E-state index contributed by atoms with van der Waals surface area (Å²) >= 11 is 0. The largest absolute Gasteiger partial charge is 0.0990 e. The second-order valence-electron chi connectivity index (χ2n) is 5.75. The highest BCUT2D eigenvalue weighted by molar-refractivity contribution is 5.24. The predicted molar refractivity (Wildman–Crippen MR) is 57.5 cm³/mol. The van der Waals surface area contributed by atoms with E-state index in [9.17, 15) is 0 Å². The SMILES string of the molecule is C=C1[C@@H]2CC[C@@H](C2)[C@@]1(C)CC(C)C. The van der Waals surface area contributed by atoms with Gasteiger partial charge in [0.25, 0.3) is 0 Å². The standard InChI is InChI=1S/C13H22/c1-9(2)8-13(4)10(3)11-5-6-12(13)7-11/h9,11-12H,3,5-8H2,1-2,4H3/t11-,12+,13+/m1/s1. The van der Waals surface area contributed by atoms with Gasteiger partial charge in [0.05, 0.1) is 0 Å². The van der Waals surface area contributed by atoms with Crippen molar-refractivity contribution in [1.29, 1.82) is 0 Å². The van der Waals surface area contributed by atoms with Crippen molar-refractivity contribution in [3.05, 3.63) is 12.2 Å². The van der Waals surface area contributed by atoms with Crippen molar-refractivity contribution in [1.82, 2.24) is 0 Å². The molecule has 0 aromatic carbocycles. The molecule has 13 heavy (non-hydrogen) atoms. The van der Waals surface area contributed by atoms with Gasteiger partial charge < -0.3 is 0 Å². The molecule has 0 aromatic rings. The van der Waals surface area contributed by atoms with E-state index in [1.165, 1.54) is 25.7 Å². The van der Waals surface area contributed by atoms with Crippen molar-refractivity contribution in [2.75, 3.05) is 0 Å². The monoisotopic (exact) mass is 178 g/mol. The van der Waals surface area contributed by atoms with E-state index in [2.05, 4.69) is 27.4 Å². The summed E-state index contributed by atoms with van der Waals surface area (Å²) in [7, 11) is 0. The van der Waals surface area contributed by atoms with Crippen LogP contribution in [0.4, 0.5) is 0 Å². The maximum atomic E-state index is 4.34. The van der Waals surface area contributed by atoms with Crippen LogP contribution in [0.5, 0.6) is 0 Å². The Hall–Kier alpha value is -0.260. The molecule has 0 unspecified atom stereocenters. The van der Waals surface area contributed by atoms with Gasteiger partial charge >= 0.3 is 0 Å². The first-order valence-electron chi connectivity index (χ1n) is 5.73. The fourth-order valence-electron chi connectivity index (χ4n) is 3.75. The molecule has 2 rings (SSSR count). The number of allylic oxidation sites excluding steroid dienone is 1. The number of fused-ring (bicyclic) bond motifs is 2. The Kier molecular flexibility index (Phi) is 2.05. The van der Waals surface area contributed by atoms with Gasteiger partial charge in [0.1, 0.15) is 0 Å². The molecule has 3 atom stereocenters. The first kappa shape index (κ1) is 9.30. The van der Waals surface area contributed by atoms with Crippen LogP contribution in [0.1, 0.15) is 46.5 Å². The Morgan fingerprint density at radius 1 is 1.46 bits per heavy atom. The lowest BCUT2D eigenvalue weighted by molar-refractivity contribution is 0.211. The zero-order chi connectivity index (χ0) is 9.64. The minimum absolute atomic E-state index is 0.497. The van der Waals surface area contributed by atoms with Crippen LogP contribution in [0.3, 0.4) is 0 Å². The summed E-state index contributed by atoms with van der Waals surface area (Å²) < 4.78 is 0. The lowest BCUT2D eigenvalue weighted by atomic mass is 9.67. The van der Waals surface area contributed by atoms with Crippen molar-refractivity contribution in [2.24, 2.45) is 23.2 Å². The zero-order valence-corrected chi connectivity index (χ0v) is 9.27. The molecule has 0 spiro atoms. The van der Waals surface area contributed by atoms with Gasteiger partial charge in [-0.1, -0.05) is 32.9 Å². The molecule has 0 N–H and O–H groups in total. The fourth-order valence-corrected chi connectivity index (χ4v) is 3.75. The Morgan fingerprint density at radius 3 is 2.62 bits per heavy atom. The van der Waals surface area contributed by atoms with E-state index in [0.29, 0.717) is 5.41 Å². The summed E-state index contributed by atoms with van der Waals surface area (Å²) in [4.78, 5) is 0. The molecule has 0 aromatic heterocycles. The van der Waals surface area contributed by atoms with E-state index in [4.69, 9.17) is 0 Å². The van der Waals surface area contributed by atoms with E-state index >= 15 is 0 Å². The van der Waals surface area contributed by atoms with Crippen molar-refractivity contribution in [2.45, 2.75) is 46.5 Å². The smallest absolute Gasteiger partial charge is 0.00854 e. The minimum Gasteiger partial charge on any atom is -0.0990 e. The molecule has 2 aliphatic carbocycles. The van der Waals surface area contributed by atoms with Gasteiger partial charge in [-0.05, 0) is 48.9 Å². The summed E-state index contributed by atoms with van der Waals surface area (Å²) in [5.41, 5.74) is 2.08. The Balaban J connectivity index is 2.18. The van der Waals surface area contributed by atoms with Crippen LogP contribution >= 0.6 is 0 Å². The van der Waals surface area contributed by atoms with Crippen molar-refractivity contribution in [3.8, 4) is 0 Å². The molecule has 0 heteroatoms. The van der Waals surface area contributed by atoms with E-state index in [1.54, 1.807) is 5.57 Å². The molecule has 2 bridgehead atoms. The molecule has 0 radical (unpaired) electrons. The third-order valence-electron chi connectivity index (χ3n) is 4.39. The summed E-state index contributed by atoms with van der Waals surface area (Å²) in [5, 5.41) is 0. The Bertz CT molecular complexity index is 226. The van der Waals surface area contributed by atoms with Crippen molar-refractivity contribution < 1.29 is 0 Å². The van der Waals surface area contributed by atoms with Crippen LogP contribution in [-0.4, -0.2) is 0 Å². The maximum Gasteiger partial charge on any atom is -0.00854 e. The zero-order valence-electron chi connectivity index (χ0n) is 9.27. The van der Waals surface area contributed by atoms with E-state index < -0.39 is 0 Å². The quantitative estimate of drug-likeness (QED) is 0.560. The first-order chi connectivity index (χ1) is 6.04. The molecule has 2 aliphatic rings. The van der Waals surface area contributed by atoms with Gasteiger partial charge in [-0.2, -0.15) is 0 Å². The lowest BCUT2D eigenvalue weighted by Gasteiger charge is -2.37. The van der Waals surface area contributed by atoms with Gasteiger partial charge in [-0.3, -0.25) is 0 Å². The van der Waals surface area contributed by atoms with Crippen LogP contribution in [0.25, 0.3) is 0 Å². The summed E-state index contributed by atoms with van der Waals surface area (Å²) in [6.07, 6.45) is 5.69. The highest BCUT2D eigenvalue weighted by atomic mass is 14.5. The first-order valence-corrected chi connectivity index (χ1v) is 5.73. The van der Waals surface area contributed by atoms with E-state index in [-0.39, 0.29) is 0 Å². The molecule has 0 nitrogen and oxygen atoms in total. The van der Waals surface area contributed by atoms with E-state index in [1.807, 2.05) is 0 Å². The molecule has 0 amide bonds. The normalized spacial score (nSPS) is 43.5. The highest BCUT2D eigenvalue weighted by Crippen LogP contribution is 2.60. The third kappa shape index (κ3) is 1.26. The number of hydrogen-bond donors (Lipinski definition) is 0. The highest BCUT2D eigenvalue weighted by Gasteiger charge is 2.50. The van der Waals surface area contributed by atoms with E-state index in [0.717, 1.165) is 17.8 Å². The van der Waals surface area contributed by atoms with Crippen LogP contribution in [-0.2, 0) is 0 Å². The van der Waals surface area contributed by atoms with Gasteiger partial charge in [0.15, 0.2) is 0 Å². The van der Waals surface area contributed by atoms with Crippen LogP contribution in [0.2, 0.25) is 0 Å². The second-order valence-corrected chi connectivity index (χ2v) is 5.75. The molecule has 0 saturated heterocycles. The number of hydrogen-bond acceptors (Lipinski definition) is 0. The van der Waals surface area contributed by atoms with Gasteiger partial charge in [0.2, 0.25) is 0 Å². The molecule has 0 aliphatic heterocycles. The fraction of sp³-hybridized carbons (Fsp3) is 0.846. The second kappa shape index (κ2) is 2.87. The van der Waals surface area contributed by atoms with Gasteiger partial charge in [-0.15, -0.1) is 0 Å². The summed E-state index contributed by atoms with van der Waals surface area (Å²) in [6.45, 7) is 11.5. The molecule has 2 fully saturated rings. The Morgan fingerprint density at radius 2 is 2.15 bits per heavy atom. The molecule has 2 saturated carbocycles. The number of rotatable bonds is 2. The molecule has 0 heterocycles. The van der Waals surface area contributed by atoms with Gasteiger partial charge in [-0.25, -0.2) is 0 Å². The average Bonchev–Trinajstić information content (AvgIpc) is 2.54. The third-order valence-corrected chi connectivity index (χ3v) is 4.39. The van der Waals surface area contributed by atoms with Crippen molar-refractivity contribution >= 4 is 0 Å². The van der Waals surface area contributed by atoms with Crippen LogP contribution in [0, 0.1) is 23.2 Å². The molecular weight excluding hydrogens is 156 g/mol. The van der Waals surface area contributed by atoms with Crippen LogP contribution < -0.4 is 0 Å². The molecular formula is C13H22. The van der Waals surface area contributed by atoms with Crippen LogP contribution in [0.15, 0.2) is 12.2 Å². The average molecular weight is 178 g/mol. The topological polar surface area (TPSA) is 0 Å². The predicted octanol–water partition coefficient (Wildman–Crippen LogP) is 4.02. The molecule has 74 valence electrons. The van der Waals surface area contributed by atoms with Crippen molar-refractivity contribution in [3.63, 3.8) is 0 Å². The Labute approximate surface area is 82.4 Å². The summed E-state index contributed by atoms with van der Waals surface area (Å²) in [6, 6.07) is 0. The lowest BCUT2D eigenvalue weighted by Crippen LogP contribution is -2.27. The maximum absolute atomic E-state index is 4.34. The summed E-state index contributed by atoms with van der Waals surface area (Å²) in [5.74, 6) is 2.67. The minimum atomic E-state index is 0.497.